The Kier molecular flexibility index (Phi) is 6.10. The van der Waals surface area contributed by atoms with Crippen molar-refractivity contribution in [2.75, 3.05) is 0 Å². The number of rotatable bonds is 6. The summed E-state index contributed by atoms with van der Waals surface area (Å²) >= 11 is 0. The highest BCUT2D eigenvalue weighted by Gasteiger charge is 2.20. The van der Waals surface area contributed by atoms with Gasteiger partial charge >= 0.3 is 0 Å². The average Bonchev–Trinajstić information content (AvgIpc) is 3.86. The molecule has 8 aromatic carbocycles. The van der Waals surface area contributed by atoms with Gasteiger partial charge in [-0.3, -0.25) is 0 Å². The van der Waals surface area contributed by atoms with E-state index in [1.54, 1.807) is 4.57 Å². The third-order valence-corrected chi connectivity index (χ3v) is 10.3. The van der Waals surface area contributed by atoms with E-state index in [1.807, 2.05) is 109 Å². The quantitative estimate of drug-likeness (QED) is 0.172. The van der Waals surface area contributed by atoms with Gasteiger partial charge in [-0.05, 0) is 65.7 Å². The Morgan fingerprint density at radius 3 is 1.54 bits per heavy atom. The molecule has 0 bridgehead atoms. The van der Waals surface area contributed by atoms with Crippen LogP contribution in [0, 0.1) is 0 Å². The molecule has 11 rings (SSSR count). The summed E-state index contributed by atoms with van der Waals surface area (Å²) in [7, 11) is 0. The molecular formula is C51H33N5. The van der Waals surface area contributed by atoms with Gasteiger partial charge in [-0.1, -0.05) is 145 Å². The van der Waals surface area contributed by atoms with Crippen LogP contribution in [0.1, 0.15) is 8.22 Å². The Morgan fingerprint density at radius 1 is 0.357 bits per heavy atom. The average molecular weight is 722 g/mol. The topological polar surface area (TPSA) is 48.5 Å². The molecule has 0 fully saturated rings. The van der Waals surface area contributed by atoms with Crippen LogP contribution in [0.3, 0.4) is 0 Å². The largest absolute Gasteiger partial charge is 0.309 e. The lowest BCUT2D eigenvalue weighted by molar-refractivity contribution is 1.06. The highest BCUT2D eigenvalue weighted by molar-refractivity contribution is 6.10. The maximum Gasteiger partial charge on any atom is 0.166 e. The van der Waals surface area contributed by atoms with E-state index >= 15 is 0 Å². The Bertz CT molecular complexity index is 3480. The van der Waals surface area contributed by atoms with Crippen LogP contribution in [0.4, 0.5) is 0 Å². The summed E-state index contributed by atoms with van der Waals surface area (Å²) in [5, 5.41) is 2.64. The predicted octanol–water partition coefficient (Wildman–Crippen LogP) is 12.7. The van der Waals surface area contributed by atoms with E-state index in [1.165, 1.54) is 12.1 Å². The van der Waals surface area contributed by atoms with Gasteiger partial charge in [0.05, 0.1) is 36.0 Å². The van der Waals surface area contributed by atoms with Gasteiger partial charge in [0.15, 0.2) is 17.5 Å². The first-order chi connectivity index (χ1) is 30.2. The van der Waals surface area contributed by atoms with Crippen LogP contribution < -0.4 is 0 Å². The number of fused-ring (bicyclic) bond motifs is 6. The molecular weight excluding hydrogens is 683 g/mol. The third kappa shape index (κ3) is 5.21. The second-order valence-corrected chi connectivity index (χ2v) is 13.6. The summed E-state index contributed by atoms with van der Waals surface area (Å²) in [5.74, 6) is 1.31. The van der Waals surface area contributed by atoms with E-state index in [2.05, 4.69) is 47.0 Å². The van der Waals surface area contributed by atoms with Gasteiger partial charge in [0.2, 0.25) is 0 Å². The maximum absolute atomic E-state index is 9.15. The van der Waals surface area contributed by atoms with Crippen molar-refractivity contribution in [2.45, 2.75) is 0 Å². The first-order valence-corrected chi connectivity index (χ1v) is 18.4. The lowest BCUT2D eigenvalue weighted by Gasteiger charge is -2.16. The first kappa shape index (κ1) is 26.2. The Balaban J connectivity index is 1.22. The van der Waals surface area contributed by atoms with Crippen LogP contribution in [-0.2, 0) is 0 Å². The number of nitrogens with zero attached hydrogens (tertiary/aromatic N) is 5. The highest BCUT2D eigenvalue weighted by atomic mass is 15.1. The molecule has 0 saturated carbocycles. The fourth-order valence-corrected chi connectivity index (χ4v) is 7.82. The van der Waals surface area contributed by atoms with Gasteiger partial charge in [0, 0.05) is 43.9 Å². The molecule has 0 aliphatic carbocycles. The van der Waals surface area contributed by atoms with E-state index in [0.29, 0.717) is 28.7 Å². The number of hydrogen-bond acceptors (Lipinski definition) is 3. The Morgan fingerprint density at radius 2 is 0.875 bits per heavy atom. The van der Waals surface area contributed by atoms with Crippen LogP contribution in [0.5, 0.6) is 0 Å². The summed E-state index contributed by atoms with van der Waals surface area (Å²) in [5.41, 5.74) is 7.98. The van der Waals surface area contributed by atoms with Gasteiger partial charge in [0.1, 0.15) is 0 Å². The van der Waals surface area contributed by atoms with Crippen molar-refractivity contribution in [2.24, 2.45) is 0 Å². The van der Waals surface area contributed by atoms with Crippen LogP contribution >= 0.6 is 0 Å². The molecule has 0 saturated heterocycles. The maximum atomic E-state index is 9.15. The Hall–Kier alpha value is -7.63. The van der Waals surface area contributed by atoms with E-state index in [-0.39, 0.29) is 58.1 Å². The van der Waals surface area contributed by atoms with Crippen LogP contribution in [0.15, 0.2) is 200 Å². The van der Waals surface area contributed by atoms with Gasteiger partial charge in [0.25, 0.3) is 0 Å². The van der Waals surface area contributed by atoms with Gasteiger partial charge in [-0.15, -0.1) is 0 Å². The molecule has 3 aromatic heterocycles. The smallest absolute Gasteiger partial charge is 0.166 e. The molecule has 0 atom stereocenters. The minimum Gasteiger partial charge on any atom is -0.309 e. The van der Waals surface area contributed by atoms with Crippen molar-refractivity contribution in [3.63, 3.8) is 0 Å². The van der Waals surface area contributed by atoms with Crippen molar-refractivity contribution in [1.29, 1.82) is 0 Å². The van der Waals surface area contributed by atoms with Crippen molar-refractivity contribution < 1.29 is 8.22 Å². The minimum atomic E-state index is -0.172. The van der Waals surface area contributed by atoms with Gasteiger partial charge in [-0.25, -0.2) is 15.0 Å². The lowest BCUT2D eigenvalue weighted by Crippen LogP contribution is -2.04. The summed E-state index contributed by atoms with van der Waals surface area (Å²) < 4.78 is 57.3. The monoisotopic (exact) mass is 721 g/mol. The van der Waals surface area contributed by atoms with E-state index < -0.39 is 0 Å². The van der Waals surface area contributed by atoms with Crippen molar-refractivity contribution in [3.05, 3.63) is 200 Å². The van der Waals surface area contributed by atoms with E-state index in [0.717, 1.165) is 49.7 Å². The van der Waals surface area contributed by atoms with Crippen molar-refractivity contribution >= 4 is 43.6 Å². The minimum absolute atomic E-state index is 0.0373. The normalized spacial score (nSPS) is 13.1. The molecule has 0 unspecified atom stereocenters. The summed E-state index contributed by atoms with van der Waals surface area (Å²) in [6.45, 7) is 0. The molecule has 11 aromatic rings. The SMILES string of the molecule is [2H]c1cc([2H])c2c(c1[2H])c1c([2H])c([2H])cc([2H])c1n2-c1cc(-c2ccccc2)cc(-c2nc(-c3ccccc3)nc(-c3ccccc3-n3c4ccccc4c4ccccc43)n2)c1. The Labute approximate surface area is 331 Å². The second kappa shape index (κ2) is 13.0. The lowest BCUT2D eigenvalue weighted by atomic mass is 10.0. The molecule has 3 heterocycles. The molecule has 0 radical (unpaired) electrons. The molecule has 0 amide bonds. The molecule has 0 aliphatic rings. The molecule has 5 heteroatoms. The zero-order chi connectivity index (χ0) is 42.2. The zero-order valence-electron chi connectivity index (χ0n) is 35.8. The number of para-hydroxylation sites is 5. The number of aromatic nitrogens is 5. The van der Waals surface area contributed by atoms with Crippen LogP contribution in [0.25, 0.3) is 100 Å². The second-order valence-electron chi connectivity index (χ2n) is 13.6. The first-order valence-electron chi connectivity index (χ1n) is 21.4. The fraction of sp³-hybridized carbons (Fsp3) is 0. The van der Waals surface area contributed by atoms with Crippen LogP contribution in [-0.4, -0.2) is 24.1 Å². The fourth-order valence-electron chi connectivity index (χ4n) is 7.82. The molecule has 0 spiro atoms. The predicted molar refractivity (Wildman–Crippen MR) is 230 cm³/mol. The van der Waals surface area contributed by atoms with Gasteiger partial charge in [-0.2, -0.15) is 0 Å². The molecule has 0 N–H and O–H groups in total. The number of hydrogen-bond donors (Lipinski definition) is 0. The standard InChI is InChI=1S/C51H33N5/c1-3-17-34(18-4-1)36-31-37(33-38(32-36)55-44-26-12-7-21-39(44)40-22-8-13-27-45(40)55)50-52-49(35-19-5-2-6-20-35)53-51(54-50)43-25-11-16-30-48(43)56-46-28-14-9-23-41(46)42-24-10-15-29-47(42)56/h1-33H/i7D,8D,21D,22D,26D,27D. The third-order valence-electron chi connectivity index (χ3n) is 10.3. The van der Waals surface area contributed by atoms with Crippen LogP contribution in [0.2, 0.25) is 0 Å². The highest BCUT2D eigenvalue weighted by Crippen LogP contribution is 2.38. The molecule has 262 valence electrons. The van der Waals surface area contributed by atoms with Crippen molar-refractivity contribution in [1.82, 2.24) is 24.1 Å². The molecule has 56 heavy (non-hydrogen) atoms. The molecule has 5 nitrogen and oxygen atoms in total. The summed E-state index contributed by atoms with van der Waals surface area (Å²) in [6, 6.07) is 52.2. The summed E-state index contributed by atoms with van der Waals surface area (Å²) in [4.78, 5) is 15.6. The molecule has 0 aliphatic heterocycles. The zero-order valence-corrected chi connectivity index (χ0v) is 29.8. The van der Waals surface area contributed by atoms with Gasteiger partial charge < -0.3 is 9.13 Å². The summed E-state index contributed by atoms with van der Waals surface area (Å²) in [6.07, 6.45) is 0. The number of benzene rings is 8. The van der Waals surface area contributed by atoms with E-state index in [4.69, 9.17) is 23.2 Å². The van der Waals surface area contributed by atoms with Crippen molar-refractivity contribution in [3.8, 4) is 56.7 Å². The van der Waals surface area contributed by atoms with E-state index in [9.17, 15) is 0 Å².